The van der Waals surface area contributed by atoms with Crippen LogP contribution in [-0.2, 0) is 0 Å². The van der Waals surface area contributed by atoms with Gasteiger partial charge in [-0.2, -0.15) is 0 Å². The van der Waals surface area contributed by atoms with E-state index in [-0.39, 0.29) is 5.91 Å². The van der Waals surface area contributed by atoms with Crippen molar-refractivity contribution in [2.45, 2.75) is 12.8 Å². The van der Waals surface area contributed by atoms with E-state index >= 15 is 0 Å². The van der Waals surface area contributed by atoms with Gasteiger partial charge < -0.3 is 15.1 Å². The minimum atomic E-state index is -0.134. The van der Waals surface area contributed by atoms with Gasteiger partial charge in [-0.15, -0.1) is 10.2 Å². The maximum Gasteiger partial charge on any atom is 0.273 e. The number of nitrogens with one attached hydrogen (secondary N) is 1. The number of carbonyl (C=O) groups is 1. The summed E-state index contributed by atoms with van der Waals surface area (Å²) in [6.45, 7) is 1.95. The maximum absolute atomic E-state index is 11.6. The molecule has 1 aromatic rings. The molecule has 6 nitrogen and oxygen atoms in total. The Bertz CT molecular complexity index is 389. The molecule has 0 radical (unpaired) electrons. The number of anilines is 1. The van der Waals surface area contributed by atoms with Crippen molar-refractivity contribution in [3.8, 4) is 0 Å². The third kappa shape index (κ3) is 5.65. The molecule has 1 aromatic heterocycles. The molecule has 0 aliphatic carbocycles. The summed E-state index contributed by atoms with van der Waals surface area (Å²) in [7, 11) is 7.53. The van der Waals surface area contributed by atoms with Crippen LogP contribution < -0.4 is 5.32 Å². The van der Waals surface area contributed by atoms with Crippen LogP contribution in [0, 0.1) is 0 Å². The Morgan fingerprint density at radius 1 is 1.16 bits per heavy atom. The van der Waals surface area contributed by atoms with Crippen LogP contribution in [0.15, 0.2) is 12.1 Å². The van der Waals surface area contributed by atoms with E-state index in [9.17, 15) is 4.79 Å². The van der Waals surface area contributed by atoms with Crippen molar-refractivity contribution < 1.29 is 4.79 Å². The molecule has 6 heteroatoms. The van der Waals surface area contributed by atoms with E-state index in [1.54, 1.807) is 26.2 Å². The van der Waals surface area contributed by atoms with Crippen LogP contribution in [0.5, 0.6) is 0 Å². The van der Waals surface area contributed by atoms with E-state index in [4.69, 9.17) is 0 Å². The number of carbonyl (C=O) groups excluding carboxylic acids is 1. The van der Waals surface area contributed by atoms with Crippen LogP contribution in [0.1, 0.15) is 23.3 Å². The largest absolute Gasteiger partial charge is 0.369 e. The van der Waals surface area contributed by atoms with Crippen molar-refractivity contribution in [3.63, 3.8) is 0 Å². The van der Waals surface area contributed by atoms with Gasteiger partial charge in [0, 0.05) is 20.6 Å². The van der Waals surface area contributed by atoms with Crippen LogP contribution >= 0.6 is 0 Å². The van der Waals surface area contributed by atoms with E-state index in [1.165, 1.54) is 4.90 Å². The average molecular weight is 265 g/mol. The molecular weight excluding hydrogens is 242 g/mol. The van der Waals surface area contributed by atoms with Gasteiger partial charge in [0.2, 0.25) is 0 Å². The highest BCUT2D eigenvalue weighted by Gasteiger charge is 2.09. The number of amides is 1. The minimum Gasteiger partial charge on any atom is -0.369 e. The number of aromatic nitrogens is 2. The third-order valence-corrected chi connectivity index (χ3v) is 2.63. The Labute approximate surface area is 114 Å². The molecule has 0 unspecified atom stereocenters. The smallest absolute Gasteiger partial charge is 0.273 e. The van der Waals surface area contributed by atoms with Crippen molar-refractivity contribution in [2.24, 2.45) is 0 Å². The summed E-state index contributed by atoms with van der Waals surface area (Å²) in [5, 5.41) is 11.1. The van der Waals surface area contributed by atoms with Crippen molar-refractivity contribution in [3.05, 3.63) is 17.8 Å². The summed E-state index contributed by atoms with van der Waals surface area (Å²) in [4.78, 5) is 15.3. The highest BCUT2D eigenvalue weighted by Crippen LogP contribution is 2.04. The zero-order chi connectivity index (χ0) is 14.3. The Morgan fingerprint density at radius 3 is 2.42 bits per heavy atom. The molecule has 0 bridgehead atoms. The first-order valence-electron chi connectivity index (χ1n) is 6.44. The zero-order valence-electron chi connectivity index (χ0n) is 12.2. The van der Waals surface area contributed by atoms with Crippen LogP contribution in [0.2, 0.25) is 0 Å². The number of hydrogen-bond donors (Lipinski definition) is 1. The summed E-state index contributed by atoms with van der Waals surface area (Å²) in [5.41, 5.74) is 0.364. The molecular formula is C13H23N5O. The lowest BCUT2D eigenvalue weighted by atomic mass is 10.3. The molecule has 1 N–H and O–H groups in total. The van der Waals surface area contributed by atoms with Crippen molar-refractivity contribution in [1.82, 2.24) is 20.0 Å². The van der Waals surface area contributed by atoms with Gasteiger partial charge in [-0.25, -0.2) is 0 Å². The van der Waals surface area contributed by atoms with Crippen molar-refractivity contribution in [1.29, 1.82) is 0 Å². The second-order valence-electron chi connectivity index (χ2n) is 4.94. The van der Waals surface area contributed by atoms with Crippen LogP contribution in [-0.4, -0.2) is 67.2 Å². The SMILES string of the molecule is CN(C)CCCCNc1ccc(C(=O)N(C)C)nn1. The van der Waals surface area contributed by atoms with Crippen molar-refractivity contribution in [2.75, 3.05) is 46.6 Å². The maximum atomic E-state index is 11.6. The minimum absolute atomic E-state index is 0.134. The van der Waals surface area contributed by atoms with Gasteiger partial charge in [-0.3, -0.25) is 4.79 Å². The first-order chi connectivity index (χ1) is 9.00. The molecule has 1 heterocycles. The van der Waals surface area contributed by atoms with E-state index in [1.807, 2.05) is 0 Å². The molecule has 0 spiro atoms. The lowest BCUT2D eigenvalue weighted by Gasteiger charge is -2.10. The molecule has 0 atom stereocenters. The average Bonchev–Trinajstić information content (AvgIpc) is 2.37. The molecule has 0 aliphatic heterocycles. The summed E-state index contributed by atoms with van der Waals surface area (Å²) in [6, 6.07) is 3.48. The van der Waals surface area contributed by atoms with Gasteiger partial charge >= 0.3 is 0 Å². The predicted octanol–water partition coefficient (Wildman–Crippen LogP) is 0.932. The monoisotopic (exact) mass is 265 g/mol. The number of unbranched alkanes of at least 4 members (excludes halogenated alkanes) is 1. The molecule has 0 aromatic carbocycles. The van der Waals surface area contributed by atoms with Gasteiger partial charge in [-0.05, 0) is 45.6 Å². The molecule has 19 heavy (non-hydrogen) atoms. The van der Waals surface area contributed by atoms with Gasteiger partial charge in [-0.1, -0.05) is 0 Å². The van der Waals surface area contributed by atoms with E-state index in [0.29, 0.717) is 11.5 Å². The molecule has 0 saturated heterocycles. The standard InChI is InChI=1S/C13H23N5O/c1-17(2)10-6-5-9-14-12-8-7-11(15-16-12)13(19)18(3)4/h7-8H,5-6,9-10H2,1-4H3,(H,14,16). The third-order valence-electron chi connectivity index (χ3n) is 2.63. The molecule has 0 fully saturated rings. The van der Waals surface area contributed by atoms with Crippen molar-refractivity contribution >= 4 is 11.7 Å². The highest BCUT2D eigenvalue weighted by atomic mass is 16.2. The first kappa shape index (κ1) is 15.4. The predicted molar refractivity (Wildman–Crippen MR) is 76.3 cm³/mol. The van der Waals surface area contributed by atoms with Crippen LogP contribution in [0.4, 0.5) is 5.82 Å². The van der Waals surface area contributed by atoms with E-state index in [2.05, 4.69) is 34.5 Å². The zero-order valence-corrected chi connectivity index (χ0v) is 12.2. The van der Waals surface area contributed by atoms with Crippen LogP contribution in [0.3, 0.4) is 0 Å². The molecule has 0 saturated carbocycles. The summed E-state index contributed by atoms with van der Waals surface area (Å²) in [5.74, 6) is 0.574. The number of rotatable bonds is 7. The first-order valence-corrected chi connectivity index (χ1v) is 6.44. The van der Waals surface area contributed by atoms with Crippen LogP contribution in [0.25, 0.3) is 0 Å². The quantitative estimate of drug-likeness (QED) is 0.743. The fraction of sp³-hybridized carbons (Fsp3) is 0.615. The summed E-state index contributed by atoms with van der Waals surface area (Å²) < 4.78 is 0. The number of nitrogens with zero attached hydrogens (tertiary/aromatic N) is 4. The van der Waals surface area contributed by atoms with Gasteiger partial charge in [0.15, 0.2) is 5.69 Å². The fourth-order valence-electron chi connectivity index (χ4n) is 1.54. The fourth-order valence-corrected chi connectivity index (χ4v) is 1.54. The molecule has 1 amide bonds. The van der Waals surface area contributed by atoms with Gasteiger partial charge in [0.25, 0.3) is 5.91 Å². The Hall–Kier alpha value is -1.69. The Balaban J connectivity index is 2.34. The van der Waals surface area contributed by atoms with E-state index < -0.39 is 0 Å². The lowest BCUT2D eigenvalue weighted by Crippen LogP contribution is -2.23. The van der Waals surface area contributed by atoms with E-state index in [0.717, 1.165) is 25.9 Å². The number of hydrogen-bond acceptors (Lipinski definition) is 5. The summed E-state index contributed by atoms with van der Waals surface area (Å²) in [6.07, 6.45) is 2.23. The van der Waals surface area contributed by atoms with Gasteiger partial charge in [0.05, 0.1) is 0 Å². The topological polar surface area (TPSA) is 61.4 Å². The lowest BCUT2D eigenvalue weighted by molar-refractivity contribution is 0.0821. The Morgan fingerprint density at radius 2 is 1.89 bits per heavy atom. The highest BCUT2D eigenvalue weighted by molar-refractivity contribution is 5.91. The second-order valence-corrected chi connectivity index (χ2v) is 4.94. The Kier molecular flexibility index (Phi) is 6.21. The molecule has 0 aliphatic rings. The molecule has 106 valence electrons. The normalized spacial score (nSPS) is 10.6. The molecule has 1 rings (SSSR count). The van der Waals surface area contributed by atoms with Gasteiger partial charge in [0.1, 0.15) is 5.82 Å². The summed E-state index contributed by atoms with van der Waals surface area (Å²) >= 11 is 0. The second kappa shape index (κ2) is 7.68.